The van der Waals surface area contributed by atoms with Crippen molar-refractivity contribution in [3.05, 3.63) is 39.8 Å². The van der Waals surface area contributed by atoms with Crippen molar-refractivity contribution in [3.63, 3.8) is 0 Å². The van der Waals surface area contributed by atoms with Crippen molar-refractivity contribution in [1.29, 1.82) is 0 Å². The number of hydrogen-bond donors (Lipinski definition) is 4. The van der Waals surface area contributed by atoms with Crippen molar-refractivity contribution < 1.29 is 9.47 Å². The van der Waals surface area contributed by atoms with E-state index in [0.29, 0.717) is 29.2 Å². The summed E-state index contributed by atoms with van der Waals surface area (Å²) in [6.07, 6.45) is 2.49. The van der Waals surface area contributed by atoms with Crippen LogP contribution in [0.25, 0.3) is 11.2 Å². The van der Waals surface area contributed by atoms with Gasteiger partial charge in [-0.1, -0.05) is 12.1 Å². The molecule has 1 saturated carbocycles. The van der Waals surface area contributed by atoms with Crippen LogP contribution in [0.5, 0.6) is 11.8 Å². The zero-order valence-corrected chi connectivity index (χ0v) is 18.4. The Morgan fingerprint density at radius 1 is 1.31 bits per heavy atom. The Hall–Kier alpha value is -3.11. The van der Waals surface area contributed by atoms with Crippen LogP contribution in [0.3, 0.4) is 0 Å². The first kappa shape index (κ1) is 20.8. The molecule has 0 radical (unpaired) electrons. The molecule has 1 aliphatic carbocycles. The number of ether oxygens (including phenoxy) is 2. The molecule has 0 unspecified atom stereocenters. The van der Waals surface area contributed by atoms with Gasteiger partial charge in [0.1, 0.15) is 11.3 Å². The summed E-state index contributed by atoms with van der Waals surface area (Å²) in [5.74, 6) is 0.907. The van der Waals surface area contributed by atoms with E-state index in [-0.39, 0.29) is 24.1 Å². The molecule has 3 heterocycles. The molecule has 32 heavy (non-hydrogen) atoms. The van der Waals surface area contributed by atoms with Crippen molar-refractivity contribution >= 4 is 17.0 Å². The molecular weight excluding hydrogens is 410 g/mol. The molecule has 0 bridgehead atoms. The van der Waals surface area contributed by atoms with Crippen molar-refractivity contribution in [1.82, 2.24) is 30.2 Å². The van der Waals surface area contributed by atoms with Crippen LogP contribution in [0.1, 0.15) is 30.9 Å². The summed E-state index contributed by atoms with van der Waals surface area (Å²) < 4.78 is 12.5. The first-order valence-corrected chi connectivity index (χ1v) is 11.0. The number of nitrogens with one attached hydrogen (secondary N) is 3. The summed E-state index contributed by atoms with van der Waals surface area (Å²) in [6, 6.07) is 6.81. The van der Waals surface area contributed by atoms with Crippen LogP contribution in [0.2, 0.25) is 0 Å². The van der Waals surface area contributed by atoms with Gasteiger partial charge in [-0.05, 0) is 36.8 Å². The van der Waals surface area contributed by atoms with Crippen LogP contribution in [0, 0.1) is 5.41 Å². The van der Waals surface area contributed by atoms with Crippen LogP contribution >= 0.6 is 0 Å². The van der Waals surface area contributed by atoms with Gasteiger partial charge in [0.25, 0.3) is 0 Å². The molecule has 10 nitrogen and oxygen atoms in total. The minimum absolute atomic E-state index is 0.147. The predicted molar refractivity (Wildman–Crippen MR) is 121 cm³/mol. The van der Waals surface area contributed by atoms with E-state index in [9.17, 15) is 4.79 Å². The lowest BCUT2D eigenvalue weighted by atomic mass is 9.61. The smallest absolute Gasteiger partial charge is 0.328 e. The molecule has 5 rings (SSSR count). The summed E-state index contributed by atoms with van der Waals surface area (Å²) >= 11 is 0. The number of methoxy groups -OCH3 is 1. The molecule has 170 valence electrons. The normalized spacial score (nSPS) is 17.3. The van der Waals surface area contributed by atoms with Crippen LogP contribution < -0.4 is 31.5 Å². The summed E-state index contributed by atoms with van der Waals surface area (Å²) in [6.45, 7) is 5.63. The molecule has 0 atom stereocenters. The summed E-state index contributed by atoms with van der Waals surface area (Å²) in [5, 5.41) is 7.02. The molecule has 2 aromatic heterocycles. The van der Waals surface area contributed by atoms with Gasteiger partial charge in [0.05, 0.1) is 20.3 Å². The van der Waals surface area contributed by atoms with E-state index in [1.165, 1.54) is 17.4 Å². The highest BCUT2D eigenvalue weighted by molar-refractivity contribution is 5.82. The van der Waals surface area contributed by atoms with Gasteiger partial charge in [0, 0.05) is 31.2 Å². The van der Waals surface area contributed by atoms with E-state index in [1.54, 1.807) is 7.11 Å². The number of rotatable bonds is 8. The zero-order chi connectivity index (χ0) is 22.3. The maximum absolute atomic E-state index is 12.6. The van der Waals surface area contributed by atoms with Gasteiger partial charge in [0.15, 0.2) is 11.5 Å². The second-order valence-electron chi connectivity index (χ2n) is 8.78. The number of nitrogens with two attached hydrogens (primary N) is 1. The van der Waals surface area contributed by atoms with Gasteiger partial charge >= 0.3 is 11.7 Å². The molecule has 2 aliphatic rings. The van der Waals surface area contributed by atoms with E-state index in [4.69, 9.17) is 15.2 Å². The largest absolute Gasteiger partial charge is 0.496 e. The van der Waals surface area contributed by atoms with E-state index in [0.717, 1.165) is 36.5 Å². The third-order valence-electron chi connectivity index (χ3n) is 6.54. The van der Waals surface area contributed by atoms with Gasteiger partial charge in [0.2, 0.25) is 0 Å². The van der Waals surface area contributed by atoms with Crippen molar-refractivity contribution in [3.8, 4) is 11.8 Å². The number of hydrogen-bond acceptors (Lipinski definition) is 8. The van der Waals surface area contributed by atoms with E-state index in [2.05, 4.69) is 31.7 Å². The zero-order valence-electron chi connectivity index (χ0n) is 18.4. The van der Waals surface area contributed by atoms with Crippen LogP contribution in [-0.4, -0.2) is 52.4 Å². The monoisotopic (exact) mass is 439 g/mol. The second-order valence-corrected chi connectivity index (χ2v) is 8.78. The first-order valence-electron chi connectivity index (χ1n) is 11.0. The molecular formula is C22H29N7O3. The highest BCUT2D eigenvalue weighted by Gasteiger charge is 2.47. The quantitative estimate of drug-likeness (QED) is 0.409. The van der Waals surface area contributed by atoms with Crippen LogP contribution in [-0.2, 0) is 13.1 Å². The number of fused-ring (bicyclic) bond motifs is 1. The number of benzene rings is 1. The van der Waals surface area contributed by atoms with Gasteiger partial charge in [-0.15, -0.1) is 0 Å². The second kappa shape index (κ2) is 8.10. The molecule has 2 fully saturated rings. The Bertz CT molecular complexity index is 1190. The highest BCUT2D eigenvalue weighted by Crippen LogP contribution is 2.44. The minimum atomic E-state index is -0.313. The molecule has 1 aliphatic heterocycles. The fourth-order valence-corrected chi connectivity index (χ4v) is 4.73. The van der Waals surface area contributed by atoms with Gasteiger partial charge < -0.3 is 30.8 Å². The fraction of sp³-hybridized carbons (Fsp3) is 0.500. The number of aromatic nitrogens is 4. The Kier molecular flexibility index (Phi) is 5.26. The van der Waals surface area contributed by atoms with Crippen molar-refractivity contribution in [2.45, 2.75) is 38.9 Å². The average molecular weight is 440 g/mol. The molecule has 10 heteroatoms. The van der Waals surface area contributed by atoms with E-state index < -0.39 is 0 Å². The van der Waals surface area contributed by atoms with Gasteiger partial charge in [-0.25, -0.2) is 4.79 Å². The van der Waals surface area contributed by atoms with Crippen LogP contribution in [0.15, 0.2) is 23.0 Å². The fourth-order valence-electron chi connectivity index (χ4n) is 4.73. The molecule has 5 N–H and O–H groups in total. The van der Waals surface area contributed by atoms with E-state index in [1.807, 2.05) is 19.1 Å². The third kappa shape index (κ3) is 3.69. The number of imidazole rings is 1. The summed E-state index contributed by atoms with van der Waals surface area (Å²) in [7, 11) is 1.64. The number of anilines is 1. The molecule has 3 aromatic rings. The number of nitrogen functional groups attached to an aromatic ring is 1. The molecule has 1 saturated heterocycles. The van der Waals surface area contributed by atoms with E-state index >= 15 is 0 Å². The SMILES string of the molecule is CCOc1nc(N)c2[nH]c(=O)n(Cc3ccc(CNC4CC5(CNC5)C4)cc3OC)c2n1. The van der Waals surface area contributed by atoms with Gasteiger partial charge in [-0.2, -0.15) is 9.97 Å². The maximum Gasteiger partial charge on any atom is 0.328 e. The standard InChI is InChI=1S/C22H29N7O3/c1-3-32-20-27-18(23)17-19(28-20)29(21(30)26-17)10-14-5-4-13(6-16(14)31-2)9-25-15-7-22(8-15)11-24-12-22/h4-6,15,24-25H,3,7-12H2,1-2H3,(H,26,30)(H2,23,27,28). The average Bonchev–Trinajstić information content (AvgIpc) is 3.03. The maximum atomic E-state index is 12.6. The Morgan fingerprint density at radius 2 is 2.12 bits per heavy atom. The van der Waals surface area contributed by atoms with Crippen molar-refractivity contribution in [2.24, 2.45) is 5.41 Å². The number of H-pyrrole nitrogens is 1. The molecule has 1 spiro atoms. The summed E-state index contributed by atoms with van der Waals surface area (Å²) in [4.78, 5) is 23.8. The first-order chi connectivity index (χ1) is 15.5. The number of nitrogens with zero attached hydrogens (tertiary/aromatic N) is 3. The summed E-state index contributed by atoms with van der Waals surface area (Å²) in [5.41, 5.74) is 9.06. The Labute approximate surface area is 185 Å². The topological polar surface area (TPSA) is 132 Å². The third-order valence-corrected chi connectivity index (χ3v) is 6.54. The van der Waals surface area contributed by atoms with Crippen LogP contribution in [0.4, 0.5) is 5.82 Å². The molecule has 0 amide bonds. The number of aromatic amines is 1. The Balaban J connectivity index is 1.34. The lowest BCUT2D eigenvalue weighted by Gasteiger charge is -2.54. The highest BCUT2D eigenvalue weighted by atomic mass is 16.5. The molecule has 1 aromatic carbocycles. The van der Waals surface area contributed by atoms with Gasteiger partial charge in [-0.3, -0.25) is 4.57 Å². The van der Waals surface area contributed by atoms with Crippen molar-refractivity contribution in [2.75, 3.05) is 32.5 Å². The lowest BCUT2D eigenvalue weighted by molar-refractivity contribution is 0.0230. The lowest BCUT2D eigenvalue weighted by Crippen LogP contribution is -2.64. The predicted octanol–water partition coefficient (Wildman–Crippen LogP) is 0.999. The minimum Gasteiger partial charge on any atom is -0.496 e. The Morgan fingerprint density at radius 3 is 2.81 bits per heavy atom.